The molecule has 1 aliphatic rings. The fourth-order valence-corrected chi connectivity index (χ4v) is 2.57. The number of nitrogens with zero attached hydrogens (tertiary/aromatic N) is 2. The number of hydrogen-bond donors (Lipinski definition) is 2. The number of H-pyrrole nitrogens is 2. The van der Waals surface area contributed by atoms with E-state index < -0.39 is 0 Å². The van der Waals surface area contributed by atoms with Gasteiger partial charge in [0.1, 0.15) is 0 Å². The molecule has 0 unspecified atom stereocenters. The van der Waals surface area contributed by atoms with E-state index in [4.69, 9.17) is 0 Å². The highest BCUT2D eigenvalue weighted by atomic mass is 16.2. The molecule has 2 N–H and O–H groups in total. The number of aromatic nitrogens is 2. The van der Waals surface area contributed by atoms with E-state index in [0.717, 1.165) is 0 Å². The van der Waals surface area contributed by atoms with E-state index >= 15 is 0 Å². The first-order valence-corrected chi connectivity index (χ1v) is 6.81. The van der Waals surface area contributed by atoms with Crippen molar-refractivity contribution in [1.82, 2.24) is 19.8 Å². The predicted molar refractivity (Wildman–Crippen MR) is 77.1 cm³/mol. The summed E-state index contributed by atoms with van der Waals surface area (Å²) in [4.78, 5) is 43.7. The highest BCUT2D eigenvalue weighted by molar-refractivity contribution is 5.97. The summed E-state index contributed by atoms with van der Waals surface area (Å²) >= 11 is 0. The van der Waals surface area contributed by atoms with E-state index in [0.29, 0.717) is 42.8 Å². The van der Waals surface area contributed by atoms with Gasteiger partial charge in [-0.3, -0.25) is 9.59 Å². The molecule has 1 aliphatic heterocycles. The molecule has 0 saturated carbocycles. The fourth-order valence-electron chi connectivity index (χ4n) is 2.57. The van der Waals surface area contributed by atoms with Crippen LogP contribution in [0.5, 0.6) is 0 Å². The summed E-state index contributed by atoms with van der Waals surface area (Å²) < 4.78 is 0. The van der Waals surface area contributed by atoms with Gasteiger partial charge in [0.25, 0.3) is 5.91 Å². The van der Waals surface area contributed by atoms with Gasteiger partial charge in [-0.1, -0.05) is 0 Å². The molecule has 3 rings (SSSR count). The number of benzene rings is 1. The van der Waals surface area contributed by atoms with Crippen LogP contribution in [-0.2, 0) is 4.79 Å². The molecule has 21 heavy (non-hydrogen) atoms. The van der Waals surface area contributed by atoms with Gasteiger partial charge < -0.3 is 19.8 Å². The molecule has 1 fully saturated rings. The predicted octanol–water partition coefficient (Wildman–Crippen LogP) is 0.161. The maximum absolute atomic E-state index is 12.4. The number of imidazole rings is 1. The summed E-state index contributed by atoms with van der Waals surface area (Å²) in [6.07, 6.45) is 0. The number of piperazine rings is 1. The molecule has 2 amide bonds. The topological polar surface area (TPSA) is 89.3 Å². The number of aromatic amines is 2. The van der Waals surface area contributed by atoms with Crippen molar-refractivity contribution in [2.75, 3.05) is 26.2 Å². The Balaban J connectivity index is 1.78. The Morgan fingerprint density at radius 2 is 1.62 bits per heavy atom. The quantitative estimate of drug-likeness (QED) is 0.783. The van der Waals surface area contributed by atoms with E-state index in [9.17, 15) is 14.4 Å². The number of carbonyl (C=O) groups is 2. The van der Waals surface area contributed by atoms with Crippen molar-refractivity contribution in [3.05, 3.63) is 34.2 Å². The first-order chi connectivity index (χ1) is 10.0. The zero-order valence-corrected chi connectivity index (χ0v) is 11.7. The van der Waals surface area contributed by atoms with Gasteiger partial charge in [-0.15, -0.1) is 0 Å². The first-order valence-electron chi connectivity index (χ1n) is 6.81. The van der Waals surface area contributed by atoms with Crippen molar-refractivity contribution in [3.63, 3.8) is 0 Å². The van der Waals surface area contributed by atoms with E-state index in [1.165, 1.54) is 6.92 Å². The van der Waals surface area contributed by atoms with E-state index in [-0.39, 0.29) is 17.5 Å². The van der Waals surface area contributed by atoms with Crippen LogP contribution in [0.1, 0.15) is 17.3 Å². The molecule has 7 heteroatoms. The molecule has 0 radical (unpaired) electrons. The maximum atomic E-state index is 12.4. The summed E-state index contributed by atoms with van der Waals surface area (Å²) in [7, 11) is 0. The zero-order valence-electron chi connectivity index (χ0n) is 11.7. The Hall–Kier alpha value is -2.57. The van der Waals surface area contributed by atoms with Crippen LogP contribution in [0.4, 0.5) is 0 Å². The minimum atomic E-state index is -0.287. The Kier molecular flexibility index (Phi) is 3.25. The van der Waals surface area contributed by atoms with Crippen molar-refractivity contribution < 1.29 is 9.59 Å². The smallest absolute Gasteiger partial charge is 0.323 e. The molecule has 1 saturated heterocycles. The third-order valence-electron chi connectivity index (χ3n) is 3.78. The second kappa shape index (κ2) is 5.08. The molecule has 0 spiro atoms. The lowest BCUT2D eigenvalue weighted by molar-refractivity contribution is -0.130. The molecule has 0 aliphatic carbocycles. The van der Waals surface area contributed by atoms with E-state index in [1.54, 1.807) is 28.0 Å². The normalized spacial score (nSPS) is 15.5. The molecule has 0 atom stereocenters. The third kappa shape index (κ3) is 2.54. The molecule has 0 bridgehead atoms. The van der Waals surface area contributed by atoms with Crippen molar-refractivity contribution in [1.29, 1.82) is 0 Å². The van der Waals surface area contributed by atoms with Crippen LogP contribution < -0.4 is 5.69 Å². The van der Waals surface area contributed by atoms with Crippen molar-refractivity contribution in [3.8, 4) is 0 Å². The zero-order chi connectivity index (χ0) is 15.0. The molecular formula is C14H16N4O3. The molecule has 2 aromatic rings. The summed E-state index contributed by atoms with van der Waals surface area (Å²) in [5.41, 5.74) is 1.55. The van der Waals surface area contributed by atoms with Crippen molar-refractivity contribution in [2.24, 2.45) is 0 Å². The number of carbonyl (C=O) groups excluding carboxylic acids is 2. The summed E-state index contributed by atoms with van der Waals surface area (Å²) in [6, 6.07) is 5.09. The SMILES string of the molecule is CC(=O)N1CCN(C(=O)c2ccc3[nH]c(=O)[nH]c3c2)CC1. The van der Waals surface area contributed by atoms with Gasteiger partial charge in [0.2, 0.25) is 5.91 Å². The fraction of sp³-hybridized carbons (Fsp3) is 0.357. The number of amides is 2. The number of fused-ring (bicyclic) bond motifs is 1. The average Bonchev–Trinajstić information content (AvgIpc) is 2.85. The molecule has 110 valence electrons. The number of hydrogen-bond acceptors (Lipinski definition) is 3. The van der Waals surface area contributed by atoms with Crippen LogP contribution in [-0.4, -0.2) is 57.8 Å². The van der Waals surface area contributed by atoms with Gasteiger partial charge >= 0.3 is 5.69 Å². The second-order valence-corrected chi connectivity index (χ2v) is 5.14. The Bertz CT molecular complexity index is 753. The molecule has 1 aromatic carbocycles. The Labute approximate surface area is 120 Å². The summed E-state index contributed by atoms with van der Waals surface area (Å²) in [5, 5.41) is 0. The lowest BCUT2D eigenvalue weighted by Crippen LogP contribution is -2.50. The molecular weight excluding hydrogens is 272 g/mol. The average molecular weight is 288 g/mol. The van der Waals surface area contributed by atoms with Crippen LogP contribution in [0.15, 0.2) is 23.0 Å². The second-order valence-electron chi connectivity index (χ2n) is 5.14. The van der Waals surface area contributed by atoms with E-state index in [1.807, 2.05) is 0 Å². The van der Waals surface area contributed by atoms with Crippen LogP contribution in [0.3, 0.4) is 0 Å². The van der Waals surface area contributed by atoms with Crippen LogP contribution in [0.25, 0.3) is 11.0 Å². The molecule has 1 aromatic heterocycles. The van der Waals surface area contributed by atoms with Gasteiger partial charge in [-0.05, 0) is 18.2 Å². The van der Waals surface area contributed by atoms with Gasteiger partial charge in [-0.25, -0.2) is 4.79 Å². The molecule has 2 heterocycles. The lowest BCUT2D eigenvalue weighted by atomic mass is 10.1. The molecule has 7 nitrogen and oxygen atoms in total. The largest absolute Gasteiger partial charge is 0.339 e. The minimum absolute atomic E-state index is 0.0356. The van der Waals surface area contributed by atoms with Crippen LogP contribution in [0.2, 0.25) is 0 Å². The highest BCUT2D eigenvalue weighted by Gasteiger charge is 2.23. The Morgan fingerprint density at radius 3 is 2.29 bits per heavy atom. The van der Waals surface area contributed by atoms with Gasteiger partial charge in [0.15, 0.2) is 0 Å². The van der Waals surface area contributed by atoms with Crippen LogP contribution >= 0.6 is 0 Å². The van der Waals surface area contributed by atoms with Gasteiger partial charge in [0.05, 0.1) is 11.0 Å². The minimum Gasteiger partial charge on any atom is -0.339 e. The lowest BCUT2D eigenvalue weighted by Gasteiger charge is -2.34. The van der Waals surface area contributed by atoms with E-state index in [2.05, 4.69) is 9.97 Å². The number of nitrogens with one attached hydrogen (secondary N) is 2. The van der Waals surface area contributed by atoms with Gasteiger partial charge in [0, 0.05) is 38.7 Å². The maximum Gasteiger partial charge on any atom is 0.323 e. The van der Waals surface area contributed by atoms with Gasteiger partial charge in [-0.2, -0.15) is 0 Å². The Morgan fingerprint density at radius 1 is 1.00 bits per heavy atom. The summed E-state index contributed by atoms with van der Waals surface area (Å²) in [6.45, 7) is 3.71. The summed E-state index contributed by atoms with van der Waals surface area (Å²) in [5.74, 6) is -0.0458. The standard InChI is InChI=1S/C14H16N4O3/c1-9(19)17-4-6-18(7-5-17)13(20)10-2-3-11-12(8-10)16-14(21)15-11/h2-3,8H,4-7H2,1H3,(H2,15,16,21). The third-order valence-corrected chi connectivity index (χ3v) is 3.78. The number of rotatable bonds is 1. The van der Waals surface area contributed by atoms with Crippen molar-refractivity contribution in [2.45, 2.75) is 6.92 Å². The highest BCUT2D eigenvalue weighted by Crippen LogP contribution is 2.14. The monoisotopic (exact) mass is 288 g/mol. The van der Waals surface area contributed by atoms with Crippen molar-refractivity contribution >= 4 is 22.8 Å². The van der Waals surface area contributed by atoms with Crippen LogP contribution in [0, 0.1) is 0 Å². The first kappa shape index (κ1) is 13.4.